The van der Waals surface area contributed by atoms with E-state index in [9.17, 15) is 19.5 Å². The third-order valence-electron chi connectivity index (χ3n) is 4.84. The Bertz CT molecular complexity index is 794. The van der Waals surface area contributed by atoms with E-state index < -0.39 is 43.0 Å². The monoisotopic (exact) mass is 435 g/mol. The molecule has 31 heavy (non-hydrogen) atoms. The van der Waals surface area contributed by atoms with Crippen LogP contribution in [0.15, 0.2) is 42.1 Å². The number of rotatable bonds is 10. The van der Waals surface area contributed by atoms with Crippen LogP contribution >= 0.6 is 0 Å². The van der Waals surface area contributed by atoms with Gasteiger partial charge in [0.15, 0.2) is 18.1 Å². The predicted molar refractivity (Wildman–Crippen MR) is 110 cm³/mol. The van der Waals surface area contributed by atoms with Gasteiger partial charge < -0.3 is 24.1 Å². The normalized spacial score (nSPS) is 23.5. The fraction of sp³-hybridized carbons (Fsp3) is 0.500. The number of methoxy groups -OCH3 is 1. The minimum atomic E-state index is -1.02. The first-order valence-corrected chi connectivity index (χ1v) is 9.91. The summed E-state index contributed by atoms with van der Waals surface area (Å²) in [4.78, 5) is 37.9. The largest absolute Gasteiger partial charge is 0.453 e. The number of aliphatic hydroxyl groups excluding tert-OH is 1. The van der Waals surface area contributed by atoms with E-state index in [0.717, 1.165) is 0 Å². The van der Waals surface area contributed by atoms with Crippen molar-refractivity contribution in [3.63, 3.8) is 0 Å². The van der Waals surface area contributed by atoms with Gasteiger partial charge in [0.1, 0.15) is 12.2 Å². The Morgan fingerprint density at radius 2 is 1.77 bits per heavy atom. The molecule has 9 nitrogen and oxygen atoms in total. The summed E-state index contributed by atoms with van der Waals surface area (Å²) in [6.45, 7) is 4.21. The van der Waals surface area contributed by atoms with Crippen LogP contribution in [0.4, 0.5) is 0 Å². The standard InChI is InChI=1S/C22H29NO8/c1-14(15(2)25)12-23(16(3)26)21-20(29-11-10-28-4)19(18(13-24)30-21)31-22(27)17-8-6-5-7-9-17/h5-9,12,18-21,24H,10-11,13H2,1-4H3/b14-12-/t18-,19-,20-,21-/m1/s1. The third kappa shape index (κ3) is 6.44. The quantitative estimate of drug-likeness (QED) is 0.333. The number of Topliss-reactive ketones (excluding diaryl/α,β-unsaturated/α-hetero) is 1. The molecule has 1 aliphatic heterocycles. The maximum atomic E-state index is 12.6. The number of aliphatic hydroxyl groups is 1. The Hall–Kier alpha value is -2.59. The smallest absolute Gasteiger partial charge is 0.338 e. The van der Waals surface area contributed by atoms with Crippen LogP contribution in [0.3, 0.4) is 0 Å². The molecular weight excluding hydrogens is 406 g/mol. The molecule has 1 N–H and O–H groups in total. The fourth-order valence-electron chi connectivity index (χ4n) is 3.08. The van der Waals surface area contributed by atoms with Crippen LogP contribution in [-0.2, 0) is 28.5 Å². The zero-order chi connectivity index (χ0) is 23.0. The molecule has 1 aliphatic rings. The molecule has 1 amide bonds. The van der Waals surface area contributed by atoms with E-state index in [0.29, 0.717) is 11.1 Å². The van der Waals surface area contributed by atoms with Gasteiger partial charge in [-0.25, -0.2) is 4.79 Å². The first-order valence-electron chi connectivity index (χ1n) is 9.91. The van der Waals surface area contributed by atoms with Gasteiger partial charge in [0.25, 0.3) is 0 Å². The number of allylic oxidation sites excluding steroid dienone is 1. The number of esters is 1. The second kappa shape index (κ2) is 11.7. The molecule has 0 radical (unpaired) electrons. The van der Waals surface area contributed by atoms with Crippen molar-refractivity contribution in [2.75, 3.05) is 26.9 Å². The van der Waals surface area contributed by atoms with Crippen molar-refractivity contribution >= 4 is 17.7 Å². The van der Waals surface area contributed by atoms with Crippen molar-refractivity contribution in [2.45, 2.75) is 45.3 Å². The molecule has 0 saturated carbocycles. The molecule has 0 unspecified atom stereocenters. The molecule has 1 aromatic rings. The van der Waals surface area contributed by atoms with Crippen molar-refractivity contribution in [2.24, 2.45) is 0 Å². The van der Waals surface area contributed by atoms with E-state index in [1.165, 1.54) is 32.1 Å². The first kappa shape index (κ1) is 24.7. The van der Waals surface area contributed by atoms with Crippen LogP contribution in [-0.4, -0.2) is 79.1 Å². The van der Waals surface area contributed by atoms with Crippen LogP contribution in [0.5, 0.6) is 0 Å². The molecule has 1 aromatic carbocycles. The molecule has 2 rings (SSSR count). The second-order valence-corrected chi connectivity index (χ2v) is 7.11. The molecule has 0 bridgehead atoms. The van der Waals surface area contributed by atoms with Gasteiger partial charge in [0.05, 0.1) is 25.4 Å². The summed E-state index contributed by atoms with van der Waals surface area (Å²) in [6, 6.07) is 8.38. The van der Waals surface area contributed by atoms with Crippen LogP contribution in [0, 0.1) is 0 Å². The highest BCUT2D eigenvalue weighted by molar-refractivity contribution is 5.93. The van der Waals surface area contributed by atoms with Gasteiger partial charge >= 0.3 is 5.97 Å². The molecule has 4 atom stereocenters. The molecule has 0 aromatic heterocycles. The number of benzene rings is 1. The predicted octanol–water partition coefficient (Wildman–Crippen LogP) is 1.30. The van der Waals surface area contributed by atoms with Gasteiger partial charge in [0, 0.05) is 25.8 Å². The van der Waals surface area contributed by atoms with Gasteiger partial charge in [0.2, 0.25) is 5.91 Å². The third-order valence-corrected chi connectivity index (χ3v) is 4.84. The first-order chi connectivity index (χ1) is 14.8. The summed E-state index contributed by atoms with van der Waals surface area (Å²) in [5.41, 5.74) is 0.661. The summed E-state index contributed by atoms with van der Waals surface area (Å²) in [6.07, 6.45) is -2.49. The van der Waals surface area contributed by atoms with Crippen molar-refractivity contribution < 1.29 is 38.4 Å². The Labute approximate surface area is 181 Å². The Morgan fingerprint density at radius 3 is 2.32 bits per heavy atom. The SMILES string of the molecule is COCCO[C@@H]1[C@H](OC(=O)c2ccccc2)[C@@H](CO)O[C@H]1N(/C=C(/C)C(C)=O)C(C)=O. The van der Waals surface area contributed by atoms with E-state index >= 15 is 0 Å². The van der Waals surface area contributed by atoms with Crippen molar-refractivity contribution in [1.82, 2.24) is 4.90 Å². The van der Waals surface area contributed by atoms with E-state index in [1.54, 1.807) is 37.3 Å². The molecule has 1 fully saturated rings. The summed E-state index contributed by atoms with van der Waals surface area (Å²) >= 11 is 0. The summed E-state index contributed by atoms with van der Waals surface area (Å²) < 4.78 is 22.4. The fourth-order valence-corrected chi connectivity index (χ4v) is 3.08. The van der Waals surface area contributed by atoms with Gasteiger partial charge in [-0.05, 0) is 26.0 Å². The van der Waals surface area contributed by atoms with Crippen LogP contribution in [0.2, 0.25) is 0 Å². The molecular formula is C22H29NO8. The zero-order valence-electron chi connectivity index (χ0n) is 18.1. The zero-order valence-corrected chi connectivity index (χ0v) is 18.1. The van der Waals surface area contributed by atoms with Crippen LogP contribution < -0.4 is 0 Å². The lowest BCUT2D eigenvalue weighted by Crippen LogP contribution is -2.47. The van der Waals surface area contributed by atoms with Crippen molar-refractivity contribution in [3.05, 3.63) is 47.7 Å². The lowest BCUT2D eigenvalue weighted by atomic mass is 10.1. The number of hydrogen-bond acceptors (Lipinski definition) is 8. The minimum absolute atomic E-state index is 0.139. The maximum Gasteiger partial charge on any atom is 0.338 e. The van der Waals surface area contributed by atoms with Crippen molar-refractivity contribution in [3.8, 4) is 0 Å². The molecule has 170 valence electrons. The minimum Gasteiger partial charge on any atom is -0.453 e. The van der Waals surface area contributed by atoms with E-state index in [4.69, 9.17) is 18.9 Å². The number of carbonyl (C=O) groups is 3. The van der Waals surface area contributed by atoms with Crippen molar-refractivity contribution in [1.29, 1.82) is 0 Å². The summed E-state index contributed by atoms with van der Waals surface area (Å²) in [5, 5.41) is 9.85. The Morgan fingerprint density at radius 1 is 1.10 bits per heavy atom. The number of amides is 1. The van der Waals surface area contributed by atoms with Gasteiger partial charge in [-0.3, -0.25) is 14.5 Å². The lowest BCUT2D eigenvalue weighted by molar-refractivity contribution is -0.147. The average Bonchev–Trinajstić information content (AvgIpc) is 3.09. The summed E-state index contributed by atoms with van der Waals surface area (Å²) in [7, 11) is 1.51. The highest BCUT2D eigenvalue weighted by atomic mass is 16.6. The molecule has 1 heterocycles. The number of ketones is 1. The highest BCUT2D eigenvalue weighted by Crippen LogP contribution is 2.30. The van der Waals surface area contributed by atoms with Gasteiger partial charge in [-0.2, -0.15) is 0 Å². The second-order valence-electron chi connectivity index (χ2n) is 7.11. The molecule has 0 spiro atoms. The number of hydrogen-bond donors (Lipinski definition) is 1. The summed E-state index contributed by atoms with van der Waals surface area (Å²) in [5.74, 6) is -1.23. The van der Waals surface area contributed by atoms with Crippen LogP contribution in [0.1, 0.15) is 31.1 Å². The van der Waals surface area contributed by atoms with Gasteiger partial charge in [-0.1, -0.05) is 18.2 Å². The molecule has 1 saturated heterocycles. The highest BCUT2D eigenvalue weighted by Gasteiger charge is 2.50. The van der Waals surface area contributed by atoms with E-state index in [2.05, 4.69) is 0 Å². The Balaban J connectivity index is 2.35. The van der Waals surface area contributed by atoms with E-state index in [-0.39, 0.29) is 19.0 Å². The topological polar surface area (TPSA) is 112 Å². The van der Waals surface area contributed by atoms with Crippen LogP contribution in [0.25, 0.3) is 0 Å². The lowest BCUT2D eigenvalue weighted by Gasteiger charge is -2.30. The number of ether oxygens (including phenoxy) is 4. The Kier molecular flexibility index (Phi) is 9.32. The number of nitrogens with zero attached hydrogens (tertiary/aromatic N) is 1. The van der Waals surface area contributed by atoms with Gasteiger partial charge in [-0.15, -0.1) is 0 Å². The molecule has 9 heteroatoms. The van der Waals surface area contributed by atoms with E-state index in [1.807, 2.05) is 0 Å². The maximum absolute atomic E-state index is 12.6. The average molecular weight is 435 g/mol. The number of carbonyl (C=O) groups excluding carboxylic acids is 3. The molecule has 0 aliphatic carbocycles.